The monoisotopic (exact) mass is 303 g/mol. The van der Waals surface area contributed by atoms with Gasteiger partial charge in [-0.15, -0.1) is 0 Å². The van der Waals surface area contributed by atoms with Crippen molar-refractivity contribution in [3.63, 3.8) is 0 Å². The number of nitrogens with one attached hydrogen (secondary N) is 1. The van der Waals surface area contributed by atoms with Gasteiger partial charge in [0.15, 0.2) is 5.16 Å². The van der Waals surface area contributed by atoms with Crippen molar-refractivity contribution in [3.8, 4) is 5.75 Å². The Morgan fingerprint density at radius 1 is 1.24 bits per heavy atom. The minimum Gasteiger partial charge on any atom is -0.496 e. The summed E-state index contributed by atoms with van der Waals surface area (Å²) >= 11 is 1.32. The predicted molar refractivity (Wildman–Crippen MR) is 82.5 cm³/mol. The maximum atomic E-state index is 11.7. The quantitative estimate of drug-likeness (QED) is 0.625. The second-order valence-electron chi connectivity index (χ2n) is 4.23. The molecule has 0 saturated carbocycles. The van der Waals surface area contributed by atoms with Crippen LogP contribution in [0.15, 0.2) is 47.9 Å². The lowest BCUT2D eigenvalue weighted by atomic mass is 10.1. The van der Waals surface area contributed by atoms with Crippen molar-refractivity contribution in [1.82, 2.24) is 15.3 Å². The van der Waals surface area contributed by atoms with Gasteiger partial charge in [0, 0.05) is 18.9 Å². The lowest BCUT2D eigenvalue weighted by molar-refractivity contribution is -0.118. The summed E-state index contributed by atoms with van der Waals surface area (Å²) in [7, 11) is 1.65. The Morgan fingerprint density at radius 2 is 2.00 bits per heavy atom. The molecule has 6 heteroatoms. The van der Waals surface area contributed by atoms with Crippen molar-refractivity contribution in [2.75, 3.05) is 19.4 Å². The molecular formula is C15H17N3O2S. The van der Waals surface area contributed by atoms with Gasteiger partial charge in [-0.05, 0) is 24.1 Å². The number of nitrogens with zero attached hydrogens (tertiary/aromatic N) is 2. The smallest absolute Gasteiger partial charge is 0.230 e. The second-order valence-corrected chi connectivity index (χ2v) is 5.17. The first-order chi connectivity index (χ1) is 10.3. The largest absolute Gasteiger partial charge is 0.496 e. The Labute approximate surface area is 128 Å². The molecular weight excluding hydrogens is 286 g/mol. The van der Waals surface area contributed by atoms with Crippen LogP contribution in [0.3, 0.4) is 0 Å². The molecule has 1 N–H and O–H groups in total. The fourth-order valence-corrected chi connectivity index (χ4v) is 2.42. The Kier molecular flexibility index (Phi) is 6.02. The van der Waals surface area contributed by atoms with E-state index in [4.69, 9.17) is 4.74 Å². The molecule has 0 atom stereocenters. The second kappa shape index (κ2) is 8.26. The molecule has 2 rings (SSSR count). The van der Waals surface area contributed by atoms with Gasteiger partial charge < -0.3 is 10.1 Å². The molecule has 0 radical (unpaired) electrons. The van der Waals surface area contributed by atoms with E-state index in [1.807, 2.05) is 24.3 Å². The fraction of sp³-hybridized carbons (Fsp3) is 0.267. The van der Waals surface area contributed by atoms with Crippen LogP contribution < -0.4 is 10.1 Å². The van der Waals surface area contributed by atoms with Crippen molar-refractivity contribution in [3.05, 3.63) is 48.3 Å². The van der Waals surface area contributed by atoms with Crippen LogP contribution in [0, 0.1) is 0 Å². The summed E-state index contributed by atoms with van der Waals surface area (Å²) in [5.41, 5.74) is 1.08. The normalized spacial score (nSPS) is 10.1. The zero-order valence-electron chi connectivity index (χ0n) is 11.8. The molecule has 1 heterocycles. The third-order valence-corrected chi connectivity index (χ3v) is 3.66. The number of hydrogen-bond donors (Lipinski definition) is 1. The van der Waals surface area contributed by atoms with Crippen LogP contribution in [0.5, 0.6) is 5.75 Å². The van der Waals surface area contributed by atoms with Gasteiger partial charge in [-0.1, -0.05) is 30.0 Å². The van der Waals surface area contributed by atoms with E-state index in [2.05, 4.69) is 15.3 Å². The van der Waals surface area contributed by atoms with Gasteiger partial charge in [0.1, 0.15) is 5.75 Å². The summed E-state index contributed by atoms with van der Waals surface area (Å²) in [5.74, 6) is 1.14. The third kappa shape index (κ3) is 5.07. The van der Waals surface area contributed by atoms with E-state index in [1.54, 1.807) is 25.6 Å². The number of para-hydroxylation sites is 1. The van der Waals surface area contributed by atoms with Gasteiger partial charge in [-0.3, -0.25) is 4.79 Å². The number of methoxy groups -OCH3 is 1. The highest BCUT2D eigenvalue weighted by Gasteiger charge is 2.05. The van der Waals surface area contributed by atoms with E-state index in [1.165, 1.54) is 11.8 Å². The summed E-state index contributed by atoms with van der Waals surface area (Å²) in [6, 6.07) is 9.55. The highest BCUT2D eigenvalue weighted by Crippen LogP contribution is 2.17. The minimum absolute atomic E-state index is 0.0256. The van der Waals surface area contributed by atoms with Crippen molar-refractivity contribution in [2.45, 2.75) is 11.6 Å². The SMILES string of the molecule is COc1ccccc1CCNC(=O)CSc1ncccn1. The Hall–Kier alpha value is -2.08. The van der Waals surface area contributed by atoms with Gasteiger partial charge in [-0.25, -0.2) is 9.97 Å². The van der Waals surface area contributed by atoms with Crippen LogP contribution in [0.4, 0.5) is 0 Å². The Bertz CT molecular complexity index is 578. The molecule has 5 nitrogen and oxygen atoms in total. The van der Waals surface area contributed by atoms with Gasteiger partial charge in [-0.2, -0.15) is 0 Å². The molecule has 1 amide bonds. The maximum absolute atomic E-state index is 11.7. The van der Waals surface area contributed by atoms with E-state index in [-0.39, 0.29) is 5.91 Å². The predicted octanol–water partition coefficient (Wildman–Crippen LogP) is 1.94. The van der Waals surface area contributed by atoms with Crippen LogP contribution >= 0.6 is 11.8 Å². The van der Waals surface area contributed by atoms with Gasteiger partial charge in [0.05, 0.1) is 12.9 Å². The third-order valence-electron chi connectivity index (χ3n) is 2.78. The summed E-state index contributed by atoms with van der Waals surface area (Å²) in [6.07, 6.45) is 4.06. The van der Waals surface area contributed by atoms with E-state index in [0.29, 0.717) is 17.5 Å². The van der Waals surface area contributed by atoms with Crippen molar-refractivity contribution >= 4 is 17.7 Å². The molecule has 2 aromatic rings. The van der Waals surface area contributed by atoms with Crippen molar-refractivity contribution in [1.29, 1.82) is 0 Å². The van der Waals surface area contributed by atoms with Crippen LogP contribution in [0.2, 0.25) is 0 Å². The first-order valence-corrected chi connectivity index (χ1v) is 7.56. The number of aromatic nitrogens is 2. The van der Waals surface area contributed by atoms with Crippen LogP contribution in [0.1, 0.15) is 5.56 Å². The molecule has 0 aliphatic heterocycles. The number of amides is 1. The molecule has 0 aliphatic carbocycles. The summed E-state index contributed by atoms with van der Waals surface area (Å²) in [6.45, 7) is 0.579. The first-order valence-electron chi connectivity index (χ1n) is 6.58. The number of benzene rings is 1. The molecule has 1 aromatic carbocycles. The zero-order valence-corrected chi connectivity index (χ0v) is 12.6. The fourth-order valence-electron chi connectivity index (χ4n) is 1.79. The maximum Gasteiger partial charge on any atom is 0.230 e. The van der Waals surface area contributed by atoms with E-state index in [0.717, 1.165) is 17.7 Å². The van der Waals surface area contributed by atoms with Crippen LogP contribution in [-0.4, -0.2) is 35.3 Å². The molecule has 0 spiro atoms. The molecule has 0 saturated heterocycles. The van der Waals surface area contributed by atoms with E-state index in [9.17, 15) is 4.79 Å². The number of thioether (sulfide) groups is 1. The molecule has 0 fully saturated rings. The summed E-state index contributed by atoms with van der Waals surface area (Å²) in [4.78, 5) is 19.9. The van der Waals surface area contributed by atoms with Gasteiger partial charge >= 0.3 is 0 Å². The molecule has 0 aliphatic rings. The number of carbonyl (C=O) groups is 1. The number of rotatable bonds is 7. The lowest BCUT2D eigenvalue weighted by Crippen LogP contribution is -2.27. The molecule has 1 aromatic heterocycles. The average Bonchev–Trinajstić information content (AvgIpc) is 2.54. The molecule has 0 bridgehead atoms. The van der Waals surface area contributed by atoms with Crippen molar-refractivity contribution < 1.29 is 9.53 Å². The van der Waals surface area contributed by atoms with Crippen LogP contribution in [0.25, 0.3) is 0 Å². The Morgan fingerprint density at radius 3 is 2.76 bits per heavy atom. The summed E-state index contributed by atoms with van der Waals surface area (Å²) in [5, 5.41) is 3.49. The minimum atomic E-state index is -0.0256. The van der Waals surface area contributed by atoms with Gasteiger partial charge in [0.25, 0.3) is 0 Å². The van der Waals surface area contributed by atoms with E-state index >= 15 is 0 Å². The van der Waals surface area contributed by atoms with Gasteiger partial charge in [0.2, 0.25) is 5.91 Å². The molecule has 21 heavy (non-hydrogen) atoms. The highest BCUT2D eigenvalue weighted by atomic mass is 32.2. The number of carbonyl (C=O) groups excluding carboxylic acids is 1. The topological polar surface area (TPSA) is 64.1 Å². The lowest BCUT2D eigenvalue weighted by Gasteiger charge is -2.08. The van der Waals surface area contributed by atoms with Crippen LogP contribution in [-0.2, 0) is 11.2 Å². The van der Waals surface area contributed by atoms with E-state index < -0.39 is 0 Å². The molecule has 110 valence electrons. The average molecular weight is 303 g/mol. The Balaban J connectivity index is 1.72. The van der Waals surface area contributed by atoms with Crippen molar-refractivity contribution in [2.24, 2.45) is 0 Å². The zero-order chi connectivity index (χ0) is 14.9. The number of ether oxygens (including phenoxy) is 1. The highest BCUT2D eigenvalue weighted by molar-refractivity contribution is 7.99. The first kappa shape index (κ1) is 15.3. The summed E-state index contributed by atoms with van der Waals surface area (Å²) < 4.78 is 5.27. The number of hydrogen-bond acceptors (Lipinski definition) is 5. The standard InChI is InChI=1S/C15H17N3O2S/c1-20-13-6-3-2-5-12(13)7-10-16-14(19)11-21-15-17-8-4-9-18-15/h2-6,8-9H,7,10-11H2,1H3,(H,16,19). The molecule has 0 unspecified atom stereocenters.